The first-order valence-corrected chi connectivity index (χ1v) is 11.2. The van der Waals surface area contributed by atoms with Crippen molar-refractivity contribution in [1.82, 2.24) is 19.9 Å². The van der Waals surface area contributed by atoms with E-state index in [2.05, 4.69) is 33.4 Å². The minimum Gasteiger partial charge on any atom is -0.497 e. The predicted octanol–water partition coefficient (Wildman–Crippen LogP) is 4.19. The molecule has 1 atom stereocenters. The molecule has 0 radical (unpaired) electrons. The Morgan fingerprint density at radius 1 is 1.00 bits per heavy atom. The lowest BCUT2D eigenvalue weighted by Gasteiger charge is -2.35. The normalized spacial score (nSPS) is 15.3. The van der Waals surface area contributed by atoms with Gasteiger partial charge in [-0.25, -0.2) is 9.97 Å². The number of aromatic nitrogens is 3. The van der Waals surface area contributed by atoms with Gasteiger partial charge in [-0.3, -0.25) is 9.88 Å². The van der Waals surface area contributed by atoms with E-state index in [-0.39, 0.29) is 6.04 Å². The molecule has 0 amide bonds. The molecule has 2 aromatic carbocycles. The molecule has 33 heavy (non-hydrogen) atoms. The van der Waals surface area contributed by atoms with Crippen molar-refractivity contribution in [2.75, 3.05) is 45.3 Å². The van der Waals surface area contributed by atoms with Crippen molar-refractivity contribution in [2.45, 2.75) is 6.04 Å². The monoisotopic (exact) mass is 441 g/mol. The molecule has 168 valence electrons. The molecule has 1 saturated heterocycles. The zero-order valence-corrected chi connectivity index (χ0v) is 18.6. The third kappa shape index (κ3) is 4.79. The summed E-state index contributed by atoms with van der Waals surface area (Å²) in [6.45, 7) is 3.98. The van der Waals surface area contributed by atoms with Crippen LogP contribution >= 0.6 is 0 Å². The highest BCUT2D eigenvalue weighted by Gasteiger charge is 2.23. The van der Waals surface area contributed by atoms with Gasteiger partial charge in [0.15, 0.2) is 5.82 Å². The summed E-state index contributed by atoms with van der Waals surface area (Å²) < 4.78 is 11.0. The molecule has 0 aliphatic carbocycles. The second-order valence-electron chi connectivity index (χ2n) is 7.97. The highest BCUT2D eigenvalue weighted by molar-refractivity contribution is 5.90. The summed E-state index contributed by atoms with van der Waals surface area (Å²) >= 11 is 0. The molecule has 7 nitrogen and oxygen atoms in total. The smallest absolute Gasteiger partial charge is 0.163 e. The minimum atomic E-state index is 0.176. The molecule has 0 saturated carbocycles. The molecule has 5 rings (SSSR count). The van der Waals surface area contributed by atoms with Crippen LogP contribution in [-0.2, 0) is 4.74 Å². The van der Waals surface area contributed by atoms with Gasteiger partial charge in [0, 0.05) is 43.0 Å². The number of nitrogens with one attached hydrogen (secondary N) is 1. The molecule has 7 heteroatoms. The number of anilines is 1. The van der Waals surface area contributed by atoms with Crippen LogP contribution < -0.4 is 10.1 Å². The zero-order chi connectivity index (χ0) is 22.5. The van der Waals surface area contributed by atoms with Gasteiger partial charge in [0.2, 0.25) is 0 Å². The Hall–Kier alpha value is -3.55. The summed E-state index contributed by atoms with van der Waals surface area (Å²) in [5.74, 6) is 2.35. The first-order valence-electron chi connectivity index (χ1n) is 11.2. The topological polar surface area (TPSA) is 72.4 Å². The number of hydrogen-bond donors (Lipinski definition) is 1. The number of pyridine rings is 1. The van der Waals surface area contributed by atoms with E-state index < -0.39 is 0 Å². The summed E-state index contributed by atoms with van der Waals surface area (Å²) in [5.41, 5.74) is 3.03. The van der Waals surface area contributed by atoms with E-state index in [9.17, 15) is 0 Å². The van der Waals surface area contributed by atoms with Crippen molar-refractivity contribution in [3.05, 3.63) is 78.6 Å². The molecule has 3 heterocycles. The fourth-order valence-electron chi connectivity index (χ4n) is 4.20. The van der Waals surface area contributed by atoms with E-state index >= 15 is 0 Å². The van der Waals surface area contributed by atoms with Crippen LogP contribution in [0.2, 0.25) is 0 Å². The number of methoxy groups -OCH3 is 1. The van der Waals surface area contributed by atoms with Crippen molar-refractivity contribution in [2.24, 2.45) is 0 Å². The van der Waals surface area contributed by atoms with Crippen LogP contribution in [0, 0.1) is 0 Å². The summed E-state index contributed by atoms with van der Waals surface area (Å²) in [6.07, 6.45) is 3.55. The number of morpholine rings is 1. The summed E-state index contributed by atoms with van der Waals surface area (Å²) in [5, 5.41) is 4.64. The van der Waals surface area contributed by atoms with Crippen molar-refractivity contribution in [1.29, 1.82) is 0 Å². The molecule has 0 bridgehead atoms. The van der Waals surface area contributed by atoms with Gasteiger partial charge < -0.3 is 14.8 Å². The Labute approximate surface area is 193 Å². The molecule has 1 fully saturated rings. The summed E-state index contributed by atoms with van der Waals surface area (Å²) in [6, 6.07) is 20.5. The second-order valence-corrected chi connectivity index (χ2v) is 7.97. The van der Waals surface area contributed by atoms with E-state index in [4.69, 9.17) is 19.4 Å². The van der Waals surface area contributed by atoms with Crippen LogP contribution in [0.3, 0.4) is 0 Å². The Morgan fingerprint density at radius 3 is 2.58 bits per heavy atom. The predicted molar refractivity (Wildman–Crippen MR) is 129 cm³/mol. The van der Waals surface area contributed by atoms with Gasteiger partial charge in [0.05, 0.1) is 31.9 Å². The molecule has 1 unspecified atom stereocenters. The summed E-state index contributed by atoms with van der Waals surface area (Å²) in [7, 11) is 1.69. The number of fused-ring (bicyclic) bond motifs is 1. The number of ether oxygens (including phenoxy) is 2. The van der Waals surface area contributed by atoms with Crippen molar-refractivity contribution < 1.29 is 9.47 Å². The standard InChI is InChI=1S/C26H27N5O2/c1-32-21-10-8-19(9-11-21)24(31-13-15-33-16-14-31)18-28-26-22-6-2-3-7-23(22)29-25(30-26)20-5-4-12-27-17-20/h2-12,17,24H,13-16,18H2,1H3,(H,28,29,30). The van der Waals surface area contributed by atoms with Gasteiger partial charge in [0.25, 0.3) is 0 Å². The van der Waals surface area contributed by atoms with E-state index in [0.29, 0.717) is 12.4 Å². The number of hydrogen-bond acceptors (Lipinski definition) is 7. The van der Waals surface area contributed by atoms with Crippen LogP contribution in [0.5, 0.6) is 5.75 Å². The molecule has 1 aliphatic rings. The number of rotatable bonds is 7. The average molecular weight is 442 g/mol. The minimum absolute atomic E-state index is 0.176. The quantitative estimate of drug-likeness (QED) is 0.461. The zero-order valence-electron chi connectivity index (χ0n) is 18.6. The van der Waals surface area contributed by atoms with Crippen LogP contribution in [-0.4, -0.2) is 59.8 Å². The third-order valence-corrected chi connectivity index (χ3v) is 5.97. The van der Waals surface area contributed by atoms with E-state index in [1.807, 2.05) is 42.5 Å². The lowest BCUT2D eigenvalue weighted by atomic mass is 10.0. The van der Waals surface area contributed by atoms with E-state index in [1.165, 1.54) is 5.56 Å². The lowest BCUT2D eigenvalue weighted by molar-refractivity contribution is 0.0187. The molecule has 0 spiro atoms. The molecule has 1 aliphatic heterocycles. The van der Waals surface area contributed by atoms with Crippen molar-refractivity contribution in [3.8, 4) is 17.1 Å². The van der Waals surface area contributed by atoms with Crippen LogP contribution in [0.1, 0.15) is 11.6 Å². The summed E-state index contributed by atoms with van der Waals surface area (Å²) in [4.78, 5) is 16.3. The first kappa shape index (κ1) is 21.3. The fourth-order valence-corrected chi connectivity index (χ4v) is 4.20. The largest absolute Gasteiger partial charge is 0.497 e. The maximum absolute atomic E-state index is 5.60. The number of benzene rings is 2. The van der Waals surface area contributed by atoms with E-state index in [0.717, 1.165) is 54.3 Å². The van der Waals surface area contributed by atoms with Gasteiger partial charge in [-0.15, -0.1) is 0 Å². The van der Waals surface area contributed by atoms with Gasteiger partial charge in [-0.1, -0.05) is 24.3 Å². The average Bonchev–Trinajstić information content (AvgIpc) is 2.90. The molecule has 2 aromatic heterocycles. The molecule has 4 aromatic rings. The molecular formula is C26H27N5O2. The van der Waals surface area contributed by atoms with E-state index in [1.54, 1.807) is 19.5 Å². The Morgan fingerprint density at radius 2 is 1.82 bits per heavy atom. The Bertz CT molecular complexity index is 1190. The van der Waals surface area contributed by atoms with Crippen molar-refractivity contribution >= 4 is 16.7 Å². The van der Waals surface area contributed by atoms with Gasteiger partial charge in [0.1, 0.15) is 11.6 Å². The van der Waals surface area contributed by atoms with Crippen LogP contribution in [0.15, 0.2) is 73.1 Å². The third-order valence-electron chi connectivity index (χ3n) is 5.97. The van der Waals surface area contributed by atoms with Crippen molar-refractivity contribution in [3.63, 3.8) is 0 Å². The molecule has 1 N–H and O–H groups in total. The highest BCUT2D eigenvalue weighted by atomic mass is 16.5. The fraction of sp³-hybridized carbons (Fsp3) is 0.269. The Balaban J connectivity index is 1.47. The van der Waals surface area contributed by atoms with Gasteiger partial charge >= 0.3 is 0 Å². The first-order chi connectivity index (χ1) is 16.3. The van der Waals surface area contributed by atoms with Crippen LogP contribution in [0.4, 0.5) is 5.82 Å². The van der Waals surface area contributed by atoms with Crippen LogP contribution in [0.25, 0.3) is 22.3 Å². The maximum Gasteiger partial charge on any atom is 0.163 e. The Kier molecular flexibility index (Phi) is 6.41. The SMILES string of the molecule is COc1ccc(C(CNc2nc(-c3cccnc3)nc3ccccc23)N2CCOCC2)cc1. The number of para-hydroxylation sites is 1. The highest BCUT2D eigenvalue weighted by Crippen LogP contribution is 2.28. The van der Waals surface area contributed by atoms with Gasteiger partial charge in [-0.05, 0) is 42.0 Å². The van der Waals surface area contributed by atoms with Gasteiger partial charge in [-0.2, -0.15) is 0 Å². The molecular weight excluding hydrogens is 414 g/mol. The second kappa shape index (κ2) is 9.94. The number of nitrogens with zero attached hydrogens (tertiary/aromatic N) is 4. The lowest BCUT2D eigenvalue weighted by Crippen LogP contribution is -2.41. The maximum atomic E-state index is 5.60.